The first kappa shape index (κ1) is 20.7. The highest BCUT2D eigenvalue weighted by molar-refractivity contribution is 5.78. The van der Waals surface area contributed by atoms with E-state index in [1.54, 1.807) is 24.3 Å². The topological polar surface area (TPSA) is 103 Å². The number of carbonyl (C=O) groups is 1. The smallest absolute Gasteiger partial charge is 0.306 e. The number of rotatable bonds is 6. The summed E-state index contributed by atoms with van der Waals surface area (Å²) in [5, 5.41) is 33.2. The zero-order valence-electron chi connectivity index (χ0n) is 17.2. The number of hydrogen-bond donors (Lipinski definition) is 4. The molecule has 4 rings (SSSR count). The number of aliphatic carboxylic acids is 1. The van der Waals surface area contributed by atoms with Crippen molar-refractivity contribution >= 4 is 11.8 Å². The number of nitrogens with zero attached hydrogens (tertiary/aromatic N) is 1. The van der Waals surface area contributed by atoms with Gasteiger partial charge in [0.05, 0.1) is 11.6 Å². The second-order valence-electron chi connectivity index (χ2n) is 8.10. The van der Waals surface area contributed by atoms with Gasteiger partial charge in [-0.15, -0.1) is 0 Å². The third-order valence-electron chi connectivity index (χ3n) is 5.99. The van der Waals surface area contributed by atoms with Gasteiger partial charge >= 0.3 is 5.97 Å². The first-order valence-corrected chi connectivity index (χ1v) is 10.6. The maximum absolute atomic E-state index is 11.2. The molecule has 0 unspecified atom stereocenters. The quantitative estimate of drug-likeness (QED) is 0.443. The molecule has 0 bridgehead atoms. The number of aromatic nitrogens is 1. The summed E-state index contributed by atoms with van der Waals surface area (Å²) in [6, 6.07) is 17.9. The van der Waals surface area contributed by atoms with E-state index in [9.17, 15) is 20.1 Å². The number of aromatic hydroxyl groups is 2. The van der Waals surface area contributed by atoms with E-state index < -0.39 is 5.97 Å². The fourth-order valence-electron chi connectivity index (χ4n) is 4.19. The Morgan fingerprint density at radius 3 is 2.13 bits per heavy atom. The zero-order chi connectivity index (χ0) is 21.8. The molecular formula is C25H26N2O4. The molecule has 1 fully saturated rings. The fourth-order valence-corrected chi connectivity index (χ4v) is 4.19. The van der Waals surface area contributed by atoms with E-state index in [0.717, 1.165) is 18.4 Å². The minimum Gasteiger partial charge on any atom is -0.507 e. The Kier molecular flexibility index (Phi) is 6.07. The highest BCUT2D eigenvalue weighted by Crippen LogP contribution is 2.36. The van der Waals surface area contributed by atoms with Crippen LogP contribution in [-0.2, 0) is 4.79 Å². The Balaban J connectivity index is 1.60. The van der Waals surface area contributed by atoms with Gasteiger partial charge in [0.25, 0.3) is 0 Å². The Bertz CT molecular complexity index is 1010. The van der Waals surface area contributed by atoms with Crippen LogP contribution in [0.25, 0.3) is 22.4 Å². The number of nitrogens with one attached hydrogen (secondary N) is 1. The average molecular weight is 418 g/mol. The maximum atomic E-state index is 11.2. The third-order valence-corrected chi connectivity index (χ3v) is 5.99. The summed E-state index contributed by atoms with van der Waals surface area (Å²) >= 11 is 0. The van der Waals surface area contributed by atoms with Crippen LogP contribution in [0.4, 0.5) is 5.82 Å². The lowest BCUT2D eigenvalue weighted by atomic mass is 9.82. The molecule has 0 radical (unpaired) electrons. The molecule has 2 aromatic carbocycles. The number of phenolic OH excluding ortho intramolecular Hbond substituents is 2. The molecule has 0 spiro atoms. The van der Waals surface area contributed by atoms with Crippen molar-refractivity contribution in [2.75, 3.05) is 11.9 Å². The van der Waals surface area contributed by atoms with E-state index in [1.807, 2.05) is 36.4 Å². The lowest BCUT2D eigenvalue weighted by Gasteiger charge is -2.26. The molecule has 6 nitrogen and oxygen atoms in total. The molecule has 1 aliphatic carbocycles. The summed E-state index contributed by atoms with van der Waals surface area (Å²) in [7, 11) is 0. The summed E-state index contributed by atoms with van der Waals surface area (Å²) in [4.78, 5) is 15.9. The second kappa shape index (κ2) is 9.08. The van der Waals surface area contributed by atoms with Crippen LogP contribution in [0.1, 0.15) is 25.7 Å². The zero-order valence-corrected chi connectivity index (χ0v) is 17.2. The van der Waals surface area contributed by atoms with E-state index in [1.165, 1.54) is 0 Å². The highest BCUT2D eigenvalue weighted by Gasteiger charge is 2.25. The van der Waals surface area contributed by atoms with Crippen molar-refractivity contribution in [2.45, 2.75) is 25.7 Å². The van der Waals surface area contributed by atoms with Gasteiger partial charge < -0.3 is 20.6 Å². The molecule has 31 heavy (non-hydrogen) atoms. The van der Waals surface area contributed by atoms with Crippen LogP contribution in [-0.4, -0.2) is 32.8 Å². The van der Waals surface area contributed by atoms with Crippen LogP contribution in [0.15, 0.2) is 60.7 Å². The van der Waals surface area contributed by atoms with Crippen LogP contribution < -0.4 is 5.32 Å². The summed E-state index contributed by atoms with van der Waals surface area (Å²) in [5.74, 6) is 0.429. The third kappa shape index (κ3) is 4.79. The molecule has 1 heterocycles. The molecule has 1 aromatic heterocycles. The summed E-state index contributed by atoms with van der Waals surface area (Å²) in [6.45, 7) is 0.698. The van der Waals surface area contributed by atoms with Crippen molar-refractivity contribution < 1.29 is 20.1 Å². The fraction of sp³-hybridized carbons (Fsp3) is 0.280. The number of pyridine rings is 1. The molecule has 3 aromatic rings. The molecule has 1 saturated carbocycles. The largest absolute Gasteiger partial charge is 0.507 e. The van der Waals surface area contributed by atoms with Crippen LogP contribution in [0, 0.1) is 11.8 Å². The summed E-state index contributed by atoms with van der Waals surface area (Å²) < 4.78 is 0. The van der Waals surface area contributed by atoms with E-state index in [4.69, 9.17) is 4.98 Å². The van der Waals surface area contributed by atoms with Crippen molar-refractivity contribution in [1.82, 2.24) is 4.98 Å². The van der Waals surface area contributed by atoms with Crippen LogP contribution in [0.5, 0.6) is 11.5 Å². The minimum absolute atomic E-state index is 0.141. The Labute approximate surface area is 181 Å². The van der Waals surface area contributed by atoms with Crippen LogP contribution in [0.3, 0.4) is 0 Å². The normalized spacial score (nSPS) is 18.5. The molecule has 0 amide bonds. The Morgan fingerprint density at radius 1 is 0.903 bits per heavy atom. The molecule has 0 atom stereocenters. The lowest BCUT2D eigenvalue weighted by Crippen LogP contribution is -2.25. The standard InChI is InChI=1S/C25H26N2O4/c28-22-7-3-1-5-19(22)18-13-21(20-6-2-4-8-23(20)29)27-24(14-18)26-15-16-9-11-17(12-10-16)25(30)31/h1-8,13-14,16-17,28-29H,9-12,15H2,(H,26,27)(H,30,31)/t16-,17-. The number of carboxylic acid groups (broad SMARTS) is 1. The van der Waals surface area contributed by atoms with Crippen molar-refractivity contribution in [1.29, 1.82) is 0 Å². The molecule has 4 N–H and O–H groups in total. The highest BCUT2D eigenvalue weighted by atomic mass is 16.4. The van der Waals surface area contributed by atoms with Gasteiger partial charge in [-0.2, -0.15) is 0 Å². The average Bonchev–Trinajstić information content (AvgIpc) is 2.78. The van der Waals surface area contributed by atoms with E-state index in [2.05, 4.69) is 5.32 Å². The van der Waals surface area contributed by atoms with Gasteiger partial charge in [-0.25, -0.2) is 4.98 Å². The number of carboxylic acids is 1. The summed E-state index contributed by atoms with van der Waals surface area (Å²) in [6.07, 6.45) is 3.15. The summed E-state index contributed by atoms with van der Waals surface area (Å²) in [5.41, 5.74) is 2.70. The van der Waals surface area contributed by atoms with Gasteiger partial charge in [0, 0.05) is 17.7 Å². The number of phenols is 2. The Hall–Kier alpha value is -3.54. The van der Waals surface area contributed by atoms with Crippen LogP contribution >= 0.6 is 0 Å². The maximum Gasteiger partial charge on any atom is 0.306 e. The van der Waals surface area contributed by atoms with Gasteiger partial charge in [-0.3, -0.25) is 4.79 Å². The molecule has 1 aliphatic rings. The molecular weight excluding hydrogens is 392 g/mol. The molecule has 160 valence electrons. The van der Waals surface area contributed by atoms with Crippen LogP contribution in [0.2, 0.25) is 0 Å². The molecule has 0 aliphatic heterocycles. The van der Waals surface area contributed by atoms with Gasteiger partial charge in [0.1, 0.15) is 17.3 Å². The predicted molar refractivity (Wildman–Crippen MR) is 120 cm³/mol. The monoisotopic (exact) mass is 418 g/mol. The van der Waals surface area contributed by atoms with Crippen molar-refractivity contribution in [3.63, 3.8) is 0 Å². The van der Waals surface area contributed by atoms with Gasteiger partial charge in [-0.1, -0.05) is 30.3 Å². The van der Waals surface area contributed by atoms with Gasteiger partial charge in [0.2, 0.25) is 0 Å². The first-order chi connectivity index (χ1) is 15.0. The Morgan fingerprint density at radius 2 is 1.52 bits per heavy atom. The number of benzene rings is 2. The van der Waals surface area contributed by atoms with Crippen molar-refractivity contribution in [3.8, 4) is 33.9 Å². The van der Waals surface area contributed by atoms with E-state index in [-0.39, 0.29) is 17.4 Å². The first-order valence-electron chi connectivity index (χ1n) is 10.6. The van der Waals surface area contributed by atoms with E-state index in [0.29, 0.717) is 47.9 Å². The lowest BCUT2D eigenvalue weighted by molar-refractivity contribution is -0.143. The SMILES string of the molecule is O=C(O)[C@H]1CC[C@H](CNc2cc(-c3ccccc3O)cc(-c3ccccc3O)n2)CC1. The number of hydrogen-bond acceptors (Lipinski definition) is 5. The van der Waals surface area contributed by atoms with Crippen molar-refractivity contribution in [2.24, 2.45) is 11.8 Å². The number of anilines is 1. The van der Waals surface area contributed by atoms with E-state index >= 15 is 0 Å². The molecule has 0 saturated heterocycles. The number of para-hydroxylation sites is 2. The van der Waals surface area contributed by atoms with Gasteiger partial charge in [0.15, 0.2) is 0 Å². The second-order valence-corrected chi connectivity index (χ2v) is 8.10. The van der Waals surface area contributed by atoms with Gasteiger partial charge in [-0.05, 0) is 67.5 Å². The molecule has 6 heteroatoms. The van der Waals surface area contributed by atoms with Crippen molar-refractivity contribution in [3.05, 3.63) is 60.7 Å². The predicted octanol–water partition coefficient (Wildman–Crippen LogP) is 5.13. The minimum atomic E-state index is -0.698.